The van der Waals surface area contributed by atoms with Crippen molar-refractivity contribution in [2.24, 2.45) is 0 Å². The topological polar surface area (TPSA) is 322 Å². The number of aromatic nitrogens is 6. The lowest BCUT2D eigenvalue weighted by molar-refractivity contribution is 0.0844. The van der Waals surface area contributed by atoms with Gasteiger partial charge in [-0.2, -0.15) is 0 Å². The number of benzene rings is 6. The zero-order valence-electron chi connectivity index (χ0n) is 57.1. The molecule has 21 heteroatoms. The van der Waals surface area contributed by atoms with E-state index in [1.165, 1.54) is 24.7 Å². The van der Waals surface area contributed by atoms with Gasteiger partial charge in [-0.05, 0) is 93.9 Å². The first kappa shape index (κ1) is 55.7. The molecule has 3 aromatic heterocycles. The molecule has 0 bridgehead atoms. The number of aliphatic hydroxyl groups is 3. The fourth-order valence-electron chi connectivity index (χ4n) is 9.09. The van der Waals surface area contributed by atoms with Crippen LogP contribution in [0, 0.1) is 0 Å². The van der Waals surface area contributed by atoms with Crippen molar-refractivity contribution in [3.63, 3.8) is 0 Å². The molecule has 0 spiro atoms. The summed E-state index contributed by atoms with van der Waals surface area (Å²) in [5.41, 5.74) is 25.8. The van der Waals surface area contributed by atoms with Crippen molar-refractivity contribution in [3.8, 4) is 33.8 Å². The van der Waals surface area contributed by atoms with Gasteiger partial charge in [-0.25, -0.2) is 29.9 Å². The predicted octanol–water partition coefficient (Wildman–Crippen LogP) is 10.1. The number of amides is 3. The lowest BCUT2D eigenvalue weighted by Crippen LogP contribution is -2.30. The molecule has 90 heavy (non-hydrogen) atoms. The third kappa shape index (κ3) is 18.0. The number of ether oxygens (including phenoxy) is 2. The third-order valence-corrected chi connectivity index (χ3v) is 14.3. The maximum atomic E-state index is 12.7. The quantitative estimate of drug-likeness (QED) is 0.0409. The molecule has 1 saturated heterocycles. The van der Waals surface area contributed by atoms with Gasteiger partial charge in [0.2, 0.25) is 0 Å². The zero-order valence-corrected chi connectivity index (χ0v) is 50.7. The molecule has 12 N–H and O–H groups in total. The van der Waals surface area contributed by atoms with Crippen LogP contribution < -0.4 is 33.2 Å². The first-order valence-corrected chi connectivity index (χ1v) is 29.4. The maximum Gasteiger partial charge on any atom is 0.251 e. The van der Waals surface area contributed by atoms with E-state index in [2.05, 4.69) is 61.8 Å². The second-order valence-electron chi connectivity index (χ2n) is 19.7. The van der Waals surface area contributed by atoms with E-state index in [9.17, 15) is 29.7 Å². The van der Waals surface area contributed by atoms with Crippen LogP contribution in [0.15, 0.2) is 193 Å². The number of carbonyl (C=O) groups excluding carboxylic acids is 3. The highest BCUT2D eigenvalue weighted by Gasteiger charge is 2.22. The minimum absolute atomic E-state index is 0.0584. The summed E-state index contributed by atoms with van der Waals surface area (Å²) in [5.74, 6) is -0.910. The van der Waals surface area contributed by atoms with Crippen LogP contribution in [-0.4, -0.2) is 109 Å². The highest BCUT2D eigenvalue weighted by molar-refractivity contribution is 9.10. The number of hydrogen-bond acceptors (Lipinski definition) is 17. The molecule has 464 valence electrons. The van der Waals surface area contributed by atoms with Gasteiger partial charge in [0.1, 0.15) is 39.1 Å². The molecule has 3 atom stereocenters. The van der Waals surface area contributed by atoms with E-state index in [1.807, 2.05) is 105 Å². The summed E-state index contributed by atoms with van der Waals surface area (Å²) in [6, 6.07) is 46.1. The van der Waals surface area contributed by atoms with Crippen molar-refractivity contribution in [3.05, 3.63) is 238 Å². The molecule has 5 heterocycles. The number of rotatable bonds is 17. The summed E-state index contributed by atoms with van der Waals surface area (Å²) in [6.07, 6.45) is 5.19. The molecule has 1 fully saturated rings. The SMILES string of the molecule is CC.Nc1ncc(Br)nc1-c1ccc(C(=O)N[C@H](CO)c2ccccc2)cc1.[2H]C1([2H])C=C(c2cnc(N)c(-c3ccc(C(=O)N[C@H](CO)c4ccccc4)cc3)n2)CC([2H])([2H])O1.[2H]C1([2H])CC(c2cnc(N)c(-c3ccc(C(=O)N[C@H](CO)c4ccccc4)cc3)n2)CC([2H])([2H])O1. The molecule has 6 aromatic carbocycles. The summed E-state index contributed by atoms with van der Waals surface area (Å²) < 4.78 is 73.1. The molecule has 3 amide bonds. The van der Waals surface area contributed by atoms with Gasteiger partial charge in [-0.3, -0.25) is 14.4 Å². The molecule has 2 aliphatic rings. The second-order valence-corrected chi connectivity index (χ2v) is 20.6. The molecule has 2 aliphatic heterocycles. The van der Waals surface area contributed by atoms with E-state index < -0.39 is 50.3 Å². The summed E-state index contributed by atoms with van der Waals surface area (Å²) in [7, 11) is 0. The van der Waals surface area contributed by atoms with Crippen LogP contribution in [0.4, 0.5) is 17.5 Å². The molecule has 11 rings (SSSR count). The Balaban J connectivity index is 0.000000187. The van der Waals surface area contributed by atoms with Crippen molar-refractivity contribution in [1.29, 1.82) is 0 Å². The molecule has 0 unspecified atom stereocenters. The van der Waals surface area contributed by atoms with Gasteiger partial charge in [0.05, 0.1) is 92.0 Å². The van der Waals surface area contributed by atoms with E-state index in [0.29, 0.717) is 66.6 Å². The molecular formula is C69H73BrN12O8. The smallest absolute Gasteiger partial charge is 0.251 e. The Labute approximate surface area is 542 Å². The highest BCUT2D eigenvalue weighted by Crippen LogP contribution is 2.31. The van der Waals surface area contributed by atoms with Crippen molar-refractivity contribution in [1.82, 2.24) is 45.9 Å². The van der Waals surface area contributed by atoms with Crippen molar-refractivity contribution in [2.45, 2.75) is 57.2 Å². The number of nitrogens with one attached hydrogen (secondary N) is 3. The Morgan fingerprint density at radius 3 is 1.30 bits per heavy atom. The molecule has 0 saturated carbocycles. The lowest BCUT2D eigenvalue weighted by Gasteiger charge is -2.22. The van der Waals surface area contributed by atoms with Gasteiger partial charge >= 0.3 is 0 Å². The standard InChI is InChI=1S/C24H26N4O3.C24H24N4O3.C19H17BrN4O2.C2H6/c2*25-23-22(27-20(14-26-23)17-10-12-31-13-11-17)18-6-8-19(9-7-18)24(30)28-21(15-29)16-4-2-1-3-5-16;20-16-10-22-18(21)17(24-16)13-6-8-14(9-7-13)19(26)23-15(11-25)12-4-2-1-3-5-12;1-2/h1-9,14,17,21,29H,10-13,15H2,(H2,25,26)(H,28,30);1-10,14,21,29H,11-13,15H2,(H2,25,26)(H,28,30);1-10,15,25H,11H2,(H2,21,22)(H,23,26);1-2H3/t2*21-;15-;/m111./s1/i2*12D2,13D2;;. The van der Waals surface area contributed by atoms with Gasteiger partial charge < -0.3 is 57.9 Å². The van der Waals surface area contributed by atoms with Crippen molar-refractivity contribution in [2.75, 3.05) is 63.3 Å². The summed E-state index contributed by atoms with van der Waals surface area (Å²) in [5, 5.41) is 37.4. The number of nitrogen functional groups attached to an aromatic ring is 3. The number of nitrogens with two attached hydrogens (primary N) is 3. The maximum absolute atomic E-state index is 12.7. The molecule has 9 aromatic rings. The number of anilines is 3. The summed E-state index contributed by atoms with van der Waals surface area (Å²) in [6.45, 7) is -5.41. The fourth-order valence-corrected chi connectivity index (χ4v) is 9.37. The molecule has 0 radical (unpaired) electrons. The predicted molar refractivity (Wildman–Crippen MR) is 352 cm³/mol. The Morgan fingerprint density at radius 1 is 0.522 bits per heavy atom. The fraction of sp³-hybridized carbons (Fsp3) is 0.232. The van der Waals surface area contributed by atoms with Crippen LogP contribution in [0.5, 0.6) is 0 Å². The van der Waals surface area contributed by atoms with E-state index in [-0.39, 0.29) is 74.1 Å². The normalized spacial score (nSPS) is 17.3. The summed E-state index contributed by atoms with van der Waals surface area (Å²) >= 11 is 3.27. The first-order chi connectivity index (χ1) is 46.7. The zero-order chi connectivity index (χ0) is 71.0. The van der Waals surface area contributed by atoms with Crippen LogP contribution in [0.1, 0.15) is 127 Å². The van der Waals surface area contributed by atoms with Gasteiger partial charge in [-0.1, -0.05) is 147 Å². The Kier molecular flexibility index (Phi) is 20.8. The number of halogens is 1. The number of carbonyl (C=O) groups is 3. The van der Waals surface area contributed by atoms with Crippen LogP contribution in [0.3, 0.4) is 0 Å². The Hall–Kier alpha value is -9.61. The van der Waals surface area contributed by atoms with Crippen LogP contribution in [-0.2, 0) is 9.47 Å². The number of hydrogen-bond donors (Lipinski definition) is 9. The number of nitrogens with zero attached hydrogens (tertiary/aromatic N) is 6. The average molecular weight is 1290 g/mol. The van der Waals surface area contributed by atoms with Gasteiger partial charge in [0.15, 0.2) is 0 Å². The van der Waals surface area contributed by atoms with Gasteiger partial charge in [-0.15, -0.1) is 0 Å². The van der Waals surface area contributed by atoms with Crippen LogP contribution in [0.25, 0.3) is 39.3 Å². The van der Waals surface area contributed by atoms with Gasteiger partial charge in [0.25, 0.3) is 17.7 Å². The van der Waals surface area contributed by atoms with E-state index >= 15 is 0 Å². The minimum atomic E-state index is -2.29. The largest absolute Gasteiger partial charge is 0.394 e. The Morgan fingerprint density at radius 2 is 0.900 bits per heavy atom. The molecule has 0 aliphatic carbocycles. The summed E-state index contributed by atoms with van der Waals surface area (Å²) in [4.78, 5) is 63.7. The first-order valence-electron chi connectivity index (χ1n) is 32.6. The van der Waals surface area contributed by atoms with E-state index in [0.717, 1.165) is 22.3 Å². The van der Waals surface area contributed by atoms with E-state index in [1.54, 1.807) is 72.8 Å². The molecular weight excluding hydrogens is 1200 g/mol. The number of aliphatic hydroxyl groups excluding tert-OH is 3. The molecule has 20 nitrogen and oxygen atoms in total. The highest BCUT2D eigenvalue weighted by atomic mass is 79.9. The Bertz CT molecular complexity index is 4180. The van der Waals surface area contributed by atoms with Gasteiger partial charge in [0, 0.05) is 52.4 Å². The second kappa shape index (κ2) is 33.7. The van der Waals surface area contributed by atoms with E-state index in [4.69, 9.17) is 37.6 Å². The van der Waals surface area contributed by atoms with Crippen molar-refractivity contribution >= 4 is 56.7 Å². The third-order valence-electron chi connectivity index (χ3n) is 13.9. The minimum Gasteiger partial charge on any atom is -0.394 e. The van der Waals surface area contributed by atoms with Crippen LogP contribution in [0.2, 0.25) is 0 Å². The van der Waals surface area contributed by atoms with Crippen molar-refractivity contribution < 1.29 is 50.1 Å². The lowest BCUT2D eigenvalue weighted by atomic mass is 9.96. The van der Waals surface area contributed by atoms with Crippen LogP contribution >= 0.6 is 15.9 Å². The average Bonchev–Trinajstić information content (AvgIpc) is 0.793. The monoisotopic (exact) mass is 1280 g/mol.